The fourth-order valence-electron chi connectivity index (χ4n) is 1.48. The average molecular weight is 158 g/mol. The van der Waals surface area contributed by atoms with Gasteiger partial charge in [0.1, 0.15) is 0 Å². The third-order valence-corrected chi connectivity index (χ3v) is 3.00. The fraction of sp³-hybridized carbons (Fsp3) is 1.00. The second-order valence-corrected chi connectivity index (χ2v) is 3.82. The summed E-state index contributed by atoms with van der Waals surface area (Å²) in [6, 6.07) is 0. The van der Waals surface area contributed by atoms with Gasteiger partial charge in [-0.1, -0.05) is 34.6 Å². The van der Waals surface area contributed by atoms with Gasteiger partial charge in [0.15, 0.2) is 0 Å². The van der Waals surface area contributed by atoms with E-state index in [9.17, 15) is 5.11 Å². The third kappa shape index (κ3) is 2.19. The van der Waals surface area contributed by atoms with E-state index < -0.39 is 0 Å². The largest absolute Gasteiger partial charge is 0.393 e. The van der Waals surface area contributed by atoms with Gasteiger partial charge in [-0.2, -0.15) is 0 Å². The maximum absolute atomic E-state index is 9.43. The van der Waals surface area contributed by atoms with Gasteiger partial charge in [-0.25, -0.2) is 0 Å². The van der Waals surface area contributed by atoms with Crippen molar-refractivity contribution in [3.8, 4) is 0 Å². The summed E-state index contributed by atoms with van der Waals surface area (Å²) < 4.78 is 0. The SMILES string of the molecule is CC.CC1CCC(O)C1(C)C. The maximum Gasteiger partial charge on any atom is 0.0593 e. The Morgan fingerprint density at radius 3 is 1.73 bits per heavy atom. The zero-order valence-corrected chi connectivity index (χ0v) is 8.52. The number of rotatable bonds is 0. The molecule has 1 heteroatoms. The first kappa shape index (κ1) is 11.0. The van der Waals surface area contributed by atoms with E-state index in [4.69, 9.17) is 0 Å². The van der Waals surface area contributed by atoms with E-state index in [1.54, 1.807) is 0 Å². The highest BCUT2D eigenvalue weighted by Gasteiger charge is 2.38. The van der Waals surface area contributed by atoms with Gasteiger partial charge < -0.3 is 5.11 Å². The molecule has 0 bridgehead atoms. The van der Waals surface area contributed by atoms with E-state index in [2.05, 4.69) is 20.8 Å². The lowest BCUT2D eigenvalue weighted by atomic mass is 9.82. The van der Waals surface area contributed by atoms with Crippen LogP contribution in [-0.2, 0) is 0 Å². The molecule has 1 aliphatic carbocycles. The van der Waals surface area contributed by atoms with Crippen LogP contribution in [0.4, 0.5) is 0 Å². The minimum Gasteiger partial charge on any atom is -0.393 e. The predicted octanol–water partition coefficient (Wildman–Crippen LogP) is 2.83. The van der Waals surface area contributed by atoms with Crippen molar-refractivity contribution in [2.24, 2.45) is 11.3 Å². The molecule has 0 aromatic rings. The summed E-state index contributed by atoms with van der Waals surface area (Å²) in [6.07, 6.45) is 2.12. The Morgan fingerprint density at radius 2 is 1.64 bits per heavy atom. The molecule has 2 atom stereocenters. The first-order valence-electron chi connectivity index (χ1n) is 4.73. The van der Waals surface area contributed by atoms with Crippen LogP contribution in [0.3, 0.4) is 0 Å². The molecule has 11 heavy (non-hydrogen) atoms. The molecule has 0 aromatic carbocycles. The molecule has 1 rings (SSSR count). The Bertz CT molecular complexity index is 95.4. The van der Waals surface area contributed by atoms with Crippen LogP contribution < -0.4 is 0 Å². The summed E-state index contributed by atoms with van der Waals surface area (Å²) in [7, 11) is 0. The molecule has 0 radical (unpaired) electrons. The summed E-state index contributed by atoms with van der Waals surface area (Å²) in [4.78, 5) is 0. The first-order valence-corrected chi connectivity index (χ1v) is 4.73. The summed E-state index contributed by atoms with van der Waals surface area (Å²) >= 11 is 0. The average Bonchev–Trinajstić information content (AvgIpc) is 2.21. The molecule has 1 nitrogen and oxygen atoms in total. The van der Waals surface area contributed by atoms with E-state index in [1.807, 2.05) is 13.8 Å². The molecule has 0 heterocycles. The summed E-state index contributed by atoms with van der Waals surface area (Å²) in [5, 5.41) is 9.43. The molecular formula is C10H22O. The van der Waals surface area contributed by atoms with E-state index in [1.165, 1.54) is 6.42 Å². The molecular weight excluding hydrogens is 136 g/mol. The van der Waals surface area contributed by atoms with Crippen molar-refractivity contribution >= 4 is 0 Å². The molecule has 0 amide bonds. The Kier molecular flexibility index (Phi) is 4.09. The minimum atomic E-state index is -0.0625. The van der Waals surface area contributed by atoms with Crippen LogP contribution in [0.15, 0.2) is 0 Å². The second kappa shape index (κ2) is 4.10. The smallest absolute Gasteiger partial charge is 0.0593 e. The van der Waals surface area contributed by atoms with Gasteiger partial charge in [0, 0.05) is 0 Å². The van der Waals surface area contributed by atoms with Crippen molar-refractivity contribution in [3.05, 3.63) is 0 Å². The highest BCUT2D eigenvalue weighted by atomic mass is 16.3. The third-order valence-electron chi connectivity index (χ3n) is 3.00. The number of aliphatic hydroxyl groups excluding tert-OH is 1. The monoisotopic (exact) mass is 158 g/mol. The second-order valence-electron chi connectivity index (χ2n) is 3.82. The van der Waals surface area contributed by atoms with Crippen molar-refractivity contribution in [2.45, 2.75) is 53.6 Å². The highest BCUT2D eigenvalue weighted by molar-refractivity contribution is 4.89. The minimum absolute atomic E-state index is 0.0625. The molecule has 1 N–H and O–H groups in total. The maximum atomic E-state index is 9.43. The van der Waals surface area contributed by atoms with Crippen molar-refractivity contribution in [3.63, 3.8) is 0 Å². The Balaban J connectivity index is 0.000000461. The van der Waals surface area contributed by atoms with Gasteiger partial charge in [0.05, 0.1) is 6.10 Å². The van der Waals surface area contributed by atoms with Crippen molar-refractivity contribution in [1.29, 1.82) is 0 Å². The number of aliphatic hydroxyl groups is 1. The van der Waals surface area contributed by atoms with E-state index >= 15 is 0 Å². The lowest BCUT2D eigenvalue weighted by Crippen LogP contribution is -2.27. The van der Waals surface area contributed by atoms with Crippen molar-refractivity contribution in [1.82, 2.24) is 0 Å². The van der Waals surface area contributed by atoms with E-state index in [0.717, 1.165) is 6.42 Å². The zero-order valence-electron chi connectivity index (χ0n) is 8.52. The first-order chi connectivity index (χ1) is 5.05. The Hall–Kier alpha value is -0.0400. The molecule has 1 aliphatic rings. The van der Waals surface area contributed by atoms with E-state index in [-0.39, 0.29) is 11.5 Å². The zero-order chi connectivity index (χ0) is 9.07. The van der Waals surface area contributed by atoms with Crippen LogP contribution >= 0.6 is 0 Å². The normalized spacial score (nSPS) is 34.4. The van der Waals surface area contributed by atoms with Gasteiger partial charge in [-0.15, -0.1) is 0 Å². The van der Waals surface area contributed by atoms with Crippen LogP contribution in [-0.4, -0.2) is 11.2 Å². The lowest BCUT2D eigenvalue weighted by molar-refractivity contribution is 0.0589. The van der Waals surface area contributed by atoms with Crippen LogP contribution in [0.25, 0.3) is 0 Å². The standard InChI is InChI=1S/C8H16O.C2H6/c1-6-4-5-7(9)8(6,2)3;1-2/h6-7,9H,4-5H2,1-3H3;1-2H3. The van der Waals surface area contributed by atoms with Crippen LogP contribution in [0.5, 0.6) is 0 Å². The summed E-state index contributed by atoms with van der Waals surface area (Å²) in [6.45, 7) is 10.5. The summed E-state index contributed by atoms with van der Waals surface area (Å²) in [5.74, 6) is 0.687. The molecule has 0 saturated heterocycles. The van der Waals surface area contributed by atoms with Gasteiger partial charge in [-0.3, -0.25) is 0 Å². The topological polar surface area (TPSA) is 20.2 Å². The van der Waals surface area contributed by atoms with Gasteiger partial charge in [0.25, 0.3) is 0 Å². The molecule has 68 valence electrons. The van der Waals surface area contributed by atoms with Gasteiger partial charge in [0.2, 0.25) is 0 Å². The molecule has 0 aromatic heterocycles. The Morgan fingerprint density at radius 1 is 1.18 bits per heavy atom. The quantitative estimate of drug-likeness (QED) is 0.574. The van der Waals surface area contributed by atoms with Crippen LogP contribution in [0.1, 0.15) is 47.5 Å². The predicted molar refractivity (Wildman–Crippen MR) is 49.5 cm³/mol. The van der Waals surface area contributed by atoms with E-state index in [0.29, 0.717) is 5.92 Å². The van der Waals surface area contributed by atoms with Crippen LogP contribution in [0.2, 0.25) is 0 Å². The molecule has 1 fully saturated rings. The molecule has 1 saturated carbocycles. The van der Waals surface area contributed by atoms with Gasteiger partial charge >= 0.3 is 0 Å². The Labute approximate surface area is 70.8 Å². The van der Waals surface area contributed by atoms with Gasteiger partial charge in [-0.05, 0) is 24.2 Å². The molecule has 0 spiro atoms. The number of hydrogen-bond donors (Lipinski definition) is 1. The van der Waals surface area contributed by atoms with Crippen LogP contribution in [0, 0.1) is 11.3 Å². The van der Waals surface area contributed by atoms with Crippen molar-refractivity contribution < 1.29 is 5.11 Å². The van der Waals surface area contributed by atoms with Crippen molar-refractivity contribution in [2.75, 3.05) is 0 Å². The lowest BCUT2D eigenvalue weighted by Gasteiger charge is -2.27. The fourth-order valence-corrected chi connectivity index (χ4v) is 1.48. The molecule has 0 aliphatic heterocycles. The number of hydrogen-bond acceptors (Lipinski definition) is 1. The molecule has 2 unspecified atom stereocenters. The highest BCUT2D eigenvalue weighted by Crippen LogP contribution is 2.42. The summed E-state index contributed by atoms with van der Waals surface area (Å²) in [5.41, 5.74) is 0.167.